The van der Waals surface area contributed by atoms with Gasteiger partial charge >= 0.3 is 0 Å². The van der Waals surface area contributed by atoms with E-state index in [-0.39, 0.29) is 0 Å². The standard InChI is InChI=1S/C17H24/c1-2-6-15-9-12-17(13-10-15)14-11-16-7-4-3-5-8-16/h3-5,7-8,11,14-15,17H,2,6,9-10,12-13H2,1H3/t15-,17-. The molecule has 1 aromatic carbocycles. The third kappa shape index (κ3) is 4.03. The molecule has 0 aliphatic heterocycles. The Bertz CT molecular complexity index is 328. The molecule has 17 heavy (non-hydrogen) atoms. The van der Waals surface area contributed by atoms with Crippen LogP contribution in [0.2, 0.25) is 0 Å². The van der Waals surface area contributed by atoms with Crippen LogP contribution in [0.15, 0.2) is 36.4 Å². The summed E-state index contributed by atoms with van der Waals surface area (Å²) in [5, 5.41) is 0. The van der Waals surface area contributed by atoms with Crippen molar-refractivity contribution in [1.29, 1.82) is 0 Å². The number of rotatable bonds is 4. The first kappa shape index (κ1) is 12.4. The van der Waals surface area contributed by atoms with Gasteiger partial charge in [0.25, 0.3) is 0 Å². The number of hydrogen-bond donors (Lipinski definition) is 0. The van der Waals surface area contributed by atoms with E-state index in [0.29, 0.717) is 0 Å². The van der Waals surface area contributed by atoms with Crippen molar-refractivity contribution in [2.75, 3.05) is 0 Å². The topological polar surface area (TPSA) is 0 Å². The molecule has 0 amide bonds. The zero-order valence-electron chi connectivity index (χ0n) is 10.9. The van der Waals surface area contributed by atoms with E-state index in [9.17, 15) is 0 Å². The van der Waals surface area contributed by atoms with Crippen molar-refractivity contribution in [3.8, 4) is 0 Å². The summed E-state index contributed by atoms with van der Waals surface area (Å²) in [6.07, 6.45) is 13.2. The fourth-order valence-corrected chi connectivity index (χ4v) is 2.89. The summed E-state index contributed by atoms with van der Waals surface area (Å²) >= 11 is 0. The van der Waals surface area contributed by atoms with Gasteiger partial charge in [-0.1, -0.05) is 62.2 Å². The summed E-state index contributed by atoms with van der Waals surface area (Å²) in [4.78, 5) is 0. The Kier molecular flexibility index (Phi) is 4.85. The number of hydrogen-bond acceptors (Lipinski definition) is 0. The normalized spacial score (nSPS) is 25.2. The third-order valence-corrected chi connectivity index (χ3v) is 3.95. The number of benzene rings is 1. The Balaban J connectivity index is 1.80. The molecule has 1 saturated carbocycles. The van der Waals surface area contributed by atoms with Gasteiger partial charge in [-0.25, -0.2) is 0 Å². The van der Waals surface area contributed by atoms with Gasteiger partial charge in [-0.3, -0.25) is 0 Å². The predicted octanol–water partition coefficient (Wildman–Crippen LogP) is 5.31. The molecule has 0 unspecified atom stereocenters. The molecule has 0 heteroatoms. The average molecular weight is 228 g/mol. The zero-order chi connectivity index (χ0) is 11.9. The van der Waals surface area contributed by atoms with E-state index in [1.54, 1.807) is 0 Å². The van der Waals surface area contributed by atoms with Crippen LogP contribution in [0, 0.1) is 11.8 Å². The summed E-state index contributed by atoms with van der Waals surface area (Å²) in [5.41, 5.74) is 1.34. The van der Waals surface area contributed by atoms with Crippen molar-refractivity contribution in [1.82, 2.24) is 0 Å². The van der Waals surface area contributed by atoms with E-state index in [4.69, 9.17) is 0 Å². The highest BCUT2D eigenvalue weighted by Crippen LogP contribution is 2.32. The van der Waals surface area contributed by atoms with E-state index < -0.39 is 0 Å². The van der Waals surface area contributed by atoms with Crippen molar-refractivity contribution in [3.05, 3.63) is 42.0 Å². The van der Waals surface area contributed by atoms with Crippen molar-refractivity contribution < 1.29 is 0 Å². The SMILES string of the molecule is CCC[C@H]1CC[C@H](C=Cc2ccccc2)CC1. The lowest BCUT2D eigenvalue weighted by molar-refractivity contribution is 0.295. The van der Waals surface area contributed by atoms with E-state index in [1.807, 2.05) is 0 Å². The maximum absolute atomic E-state index is 2.43. The minimum absolute atomic E-state index is 0.823. The van der Waals surface area contributed by atoms with Gasteiger partial charge in [-0.2, -0.15) is 0 Å². The van der Waals surface area contributed by atoms with Crippen LogP contribution in [-0.2, 0) is 0 Å². The molecule has 1 fully saturated rings. The number of allylic oxidation sites excluding steroid dienone is 1. The van der Waals surface area contributed by atoms with E-state index in [1.165, 1.54) is 44.1 Å². The molecule has 0 bridgehead atoms. The fraction of sp³-hybridized carbons (Fsp3) is 0.529. The Morgan fingerprint density at radius 2 is 1.76 bits per heavy atom. The van der Waals surface area contributed by atoms with Crippen LogP contribution in [0.25, 0.3) is 6.08 Å². The first-order chi connectivity index (χ1) is 8.38. The molecule has 0 aromatic heterocycles. The zero-order valence-corrected chi connectivity index (χ0v) is 10.9. The summed E-state index contributed by atoms with van der Waals surface area (Å²) in [6, 6.07) is 10.7. The van der Waals surface area contributed by atoms with Crippen LogP contribution in [0.3, 0.4) is 0 Å². The summed E-state index contributed by atoms with van der Waals surface area (Å²) in [7, 11) is 0. The molecular weight excluding hydrogens is 204 g/mol. The highest BCUT2D eigenvalue weighted by Gasteiger charge is 2.18. The molecule has 0 radical (unpaired) electrons. The molecule has 0 heterocycles. The molecular formula is C17H24. The highest BCUT2D eigenvalue weighted by atomic mass is 14.2. The van der Waals surface area contributed by atoms with Gasteiger partial charge in [0, 0.05) is 0 Å². The molecule has 0 spiro atoms. The minimum Gasteiger partial charge on any atom is -0.0808 e. The molecule has 0 N–H and O–H groups in total. The third-order valence-electron chi connectivity index (χ3n) is 3.95. The minimum atomic E-state index is 0.823. The van der Waals surface area contributed by atoms with Gasteiger partial charge in [0.2, 0.25) is 0 Å². The predicted molar refractivity (Wildman–Crippen MR) is 75.8 cm³/mol. The maximum atomic E-state index is 2.43. The van der Waals surface area contributed by atoms with Crippen LogP contribution < -0.4 is 0 Å². The molecule has 0 nitrogen and oxygen atoms in total. The molecule has 92 valence electrons. The van der Waals surface area contributed by atoms with Crippen molar-refractivity contribution in [2.24, 2.45) is 11.8 Å². The Hall–Kier alpha value is -1.04. The van der Waals surface area contributed by atoms with Crippen LogP contribution in [0.1, 0.15) is 51.0 Å². The fourth-order valence-electron chi connectivity index (χ4n) is 2.89. The van der Waals surface area contributed by atoms with Gasteiger partial charge in [0.05, 0.1) is 0 Å². The van der Waals surface area contributed by atoms with Crippen LogP contribution in [-0.4, -0.2) is 0 Å². The Morgan fingerprint density at radius 3 is 2.41 bits per heavy atom. The molecule has 2 rings (SSSR count). The maximum Gasteiger partial charge on any atom is -0.0230 e. The second kappa shape index (κ2) is 6.64. The first-order valence-corrected chi connectivity index (χ1v) is 7.11. The summed E-state index contributed by atoms with van der Waals surface area (Å²) in [5.74, 6) is 1.84. The van der Waals surface area contributed by atoms with Crippen molar-refractivity contribution in [3.63, 3.8) is 0 Å². The van der Waals surface area contributed by atoms with Gasteiger partial charge in [-0.15, -0.1) is 0 Å². The lowest BCUT2D eigenvalue weighted by atomic mass is 9.80. The lowest BCUT2D eigenvalue weighted by Crippen LogP contribution is -2.12. The van der Waals surface area contributed by atoms with Crippen molar-refractivity contribution >= 4 is 6.08 Å². The smallest absolute Gasteiger partial charge is 0.0230 e. The van der Waals surface area contributed by atoms with Gasteiger partial charge < -0.3 is 0 Å². The van der Waals surface area contributed by atoms with Gasteiger partial charge in [-0.05, 0) is 43.1 Å². The largest absolute Gasteiger partial charge is 0.0808 e. The monoisotopic (exact) mass is 228 g/mol. The summed E-state index contributed by atoms with van der Waals surface area (Å²) < 4.78 is 0. The van der Waals surface area contributed by atoms with Crippen LogP contribution >= 0.6 is 0 Å². The second-order valence-electron chi connectivity index (χ2n) is 5.34. The van der Waals surface area contributed by atoms with Gasteiger partial charge in [0.15, 0.2) is 0 Å². The van der Waals surface area contributed by atoms with E-state index in [2.05, 4.69) is 49.4 Å². The van der Waals surface area contributed by atoms with Gasteiger partial charge in [0.1, 0.15) is 0 Å². The van der Waals surface area contributed by atoms with E-state index >= 15 is 0 Å². The first-order valence-electron chi connectivity index (χ1n) is 7.11. The molecule has 0 saturated heterocycles. The second-order valence-corrected chi connectivity index (χ2v) is 5.34. The average Bonchev–Trinajstić information content (AvgIpc) is 2.40. The lowest BCUT2D eigenvalue weighted by Gasteiger charge is -2.26. The quantitative estimate of drug-likeness (QED) is 0.655. The van der Waals surface area contributed by atoms with Crippen LogP contribution in [0.4, 0.5) is 0 Å². The van der Waals surface area contributed by atoms with Crippen LogP contribution in [0.5, 0.6) is 0 Å². The highest BCUT2D eigenvalue weighted by molar-refractivity contribution is 5.48. The Labute approximate surface area is 106 Å². The summed E-state index contributed by atoms with van der Waals surface area (Å²) in [6.45, 7) is 2.31. The Morgan fingerprint density at radius 1 is 1.06 bits per heavy atom. The molecule has 1 aromatic rings. The molecule has 0 atom stereocenters. The van der Waals surface area contributed by atoms with Crippen molar-refractivity contribution in [2.45, 2.75) is 45.4 Å². The molecule has 1 aliphatic carbocycles. The molecule has 1 aliphatic rings. The van der Waals surface area contributed by atoms with E-state index in [0.717, 1.165) is 11.8 Å².